The standard InChI is InChI=1S/C24H34BrN3O4/c1-5-31-23-11-8-18(12-21(23)25)24(3,4)17-6-9-20(10-7-17)32-15-19(30)13-28(27)22(14-29)16(2)26/h6-12,19,29-30H,5,13-15,26-27H2,1-4H3/b22-16-. The summed E-state index contributed by atoms with van der Waals surface area (Å²) in [5.74, 6) is 7.34. The number of hydrazine groups is 1. The van der Waals surface area contributed by atoms with Gasteiger partial charge in [0.05, 0.1) is 29.9 Å². The number of allylic oxidation sites excluding steroid dienone is 1. The zero-order chi connectivity index (χ0) is 23.9. The summed E-state index contributed by atoms with van der Waals surface area (Å²) in [5, 5.41) is 20.8. The zero-order valence-electron chi connectivity index (χ0n) is 19.1. The van der Waals surface area contributed by atoms with E-state index in [-0.39, 0.29) is 25.2 Å². The van der Waals surface area contributed by atoms with Crippen LogP contribution in [0, 0.1) is 0 Å². The van der Waals surface area contributed by atoms with Crippen molar-refractivity contribution in [3.05, 3.63) is 69.5 Å². The van der Waals surface area contributed by atoms with Crippen LogP contribution in [0.25, 0.3) is 0 Å². The van der Waals surface area contributed by atoms with Crippen LogP contribution in [-0.4, -0.2) is 47.7 Å². The molecule has 0 amide bonds. The predicted octanol–water partition coefficient (Wildman–Crippen LogP) is 3.27. The lowest BCUT2D eigenvalue weighted by atomic mass is 9.78. The van der Waals surface area contributed by atoms with Crippen LogP contribution < -0.4 is 21.1 Å². The van der Waals surface area contributed by atoms with E-state index >= 15 is 0 Å². The smallest absolute Gasteiger partial charge is 0.133 e. The molecule has 8 heteroatoms. The first-order valence-corrected chi connectivity index (χ1v) is 11.3. The average molecular weight is 508 g/mol. The molecule has 0 saturated carbocycles. The zero-order valence-corrected chi connectivity index (χ0v) is 20.7. The molecule has 2 aromatic carbocycles. The SMILES string of the molecule is CCOc1ccc(C(C)(C)c2ccc(OCC(O)CN(N)/C(CO)=C(/C)N)cc2)cc1Br. The summed E-state index contributed by atoms with van der Waals surface area (Å²) in [6.45, 7) is 8.40. The second-order valence-corrected chi connectivity index (χ2v) is 8.99. The molecule has 2 rings (SSSR count). The summed E-state index contributed by atoms with van der Waals surface area (Å²) < 4.78 is 12.3. The highest BCUT2D eigenvalue weighted by Gasteiger charge is 2.24. The van der Waals surface area contributed by atoms with E-state index in [1.54, 1.807) is 6.92 Å². The molecule has 32 heavy (non-hydrogen) atoms. The predicted molar refractivity (Wildman–Crippen MR) is 130 cm³/mol. The van der Waals surface area contributed by atoms with Gasteiger partial charge in [0.15, 0.2) is 0 Å². The van der Waals surface area contributed by atoms with Gasteiger partial charge in [-0.1, -0.05) is 32.0 Å². The molecule has 0 bridgehead atoms. The summed E-state index contributed by atoms with van der Waals surface area (Å²) in [4.78, 5) is 0. The summed E-state index contributed by atoms with van der Waals surface area (Å²) in [7, 11) is 0. The van der Waals surface area contributed by atoms with Gasteiger partial charge in [-0.2, -0.15) is 0 Å². The Kier molecular flexibility index (Phi) is 9.39. The van der Waals surface area contributed by atoms with Gasteiger partial charge in [0.1, 0.15) is 24.2 Å². The van der Waals surface area contributed by atoms with Crippen molar-refractivity contribution in [3.8, 4) is 11.5 Å². The second kappa shape index (κ2) is 11.6. The normalized spacial score (nSPS) is 13.4. The highest BCUT2D eigenvalue weighted by molar-refractivity contribution is 9.10. The molecule has 0 aliphatic carbocycles. The number of benzene rings is 2. The molecule has 7 nitrogen and oxygen atoms in total. The molecule has 0 heterocycles. The van der Waals surface area contributed by atoms with E-state index in [0.717, 1.165) is 21.3 Å². The summed E-state index contributed by atoms with van der Waals surface area (Å²) >= 11 is 3.59. The van der Waals surface area contributed by atoms with Gasteiger partial charge in [-0.15, -0.1) is 0 Å². The molecule has 2 aromatic rings. The highest BCUT2D eigenvalue weighted by atomic mass is 79.9. The summed E-state index contributed by atoms with van der Waals surface area (Å²) in [6, 6.07) is 14.0. The van der Waals surface area contributed by atoms with Crippen LogP contribution >= 0.6 is 15.9 Å². The lowest BCUT2D eigenvalue weighted by molar-refractivity contribution is 0.0741. The van der Waals surface area contributed by atoms with Crippen molar-refractivity contribution >= 4 is 15.9 Å². The fraction of sp³-hybridized carbons (Fsp3) is 0.417. The quantitative estimate of drug-likeness (QED) is 0.272. The lowest BCUT2D eigenvalue weighted by Crippen LogP contribution is -2.41. The van der Waals surface area contributed by atoms with Crippen molar-refractivity contribution in [2.45, 2.75) is 39.2 Å². The molecule has 176 valence electrons. The minimum absolute atomic E-state index is 0.0601. The molecular formula is C24H34BrN3O4. The molecule has 0 aliphatic heterocycles. The van der Waals surface area contributed by atoms with Gasteiger partial charge in [0.25, 0.3) is 0 Å². The number of ether oxygens (including phenoxy) is 2. The average Bonchev–Trinajstić information content (AvgIpc) is 2.74. The number of nitrogens with two attached hydrogens (primary N) is 2. The molecule has 1 unspecified atom stereocenters. The maximum atomic E-state index is 10.2. The molecule has 0 spiro atoms. The third-order valence-electron chi connectivity index (χ3n) is 5.33. The summed E-state index contributed by atoms with van der Waals surface area (Å²) in [6.07, 6.45) is -0.849. The van der Waals surface area contributed by atoms with E-state index in [4.69, 9.17) is 21.1 Å². The summed E-state index contributed by atoms with van der Waals surface area (Å²) in [5.41, 5.74) is 8.52. The minimum Gasteiger partial charge on any atom is -0.493 e. The van der Waals surface area contributed by atoms with Crippen LogP contribution in [0.3, 0.4) is 0 Å². The maximum absolute atomic E-state index is 10.2. The molecule has 6 N–H and O–H groups in total. The Bertz CT molecular complexity index is 912. The van der Waals surface area contributed by atoms with Crippen LogP contribution in [-0.2, 0) is 5.41 Å². The third-order valence-corrected chi connectivity index (χ3v) is 5.95. The molecule has 0 radical (unpaired) electrons. The third kappa shape index (κ3) is 6.62. The van der Waals surface area contributed by atoms with Gasteiger partial charge in [-0.05, 0) is 65.2 Å². The number of aliphatic hydroxyl groups is 2. The first kappa shape index (κ1) is 26.0. The van der Waals surface area contributed by atoms with E-state index in [9.17, 15) is 10.2 Å². The first-order valence-electron chi connectivity index (χ1n) is 10.5. The fourth-order valence-corrected chi connectivity index (χ4v) is 3.81. The van der Waals surface area contributed by atoms with Crippen molar-refractivity contribution in [3.63, 3.8) is 0 Å². The highest BCUT2D eigenvalue weighted by Crippen LogP contribution is 2.36. The largest absolute Gasteiger partial charge is 0.493 e. The van der Waals surface area contributed by atoms with Crippen LogP contribution in [0.1, 0.15) is 38.8 Å². The van der Waals surface area contributed by atoms with E-state index in [1.807, 2.05) is 37.3 Å². The van der Waals surface area contributed by atoms with Crippen molar-refractivity contribution in [1.82, 2.24) is 5.01 Å². The molecule has 0 saturated heterocycles. The number of halogens is 1. The molecule has 1 atom stereocenters. The Morgan fingerprint density at radius 2 is 1.75 bits per heavy atom. The molecular weight excluding hydrogens is 474 g/mol. The Morgan fingerprint density at radius 3 is 2.28 bits per heavy atom. The number of nitrogens with zero attached hydrogens (tertiary/aromatic N) is 1. The van der Waals surface area contributed by atoms with Crippen LogP contribution in [0.15, 0.2) is 58.3 Å². The monoisotopic (exact) mass is 507 g/mol. The van der Waals surface area contributed by atoms with E-state index in [1.165, 1.54) is 5.01 Å². The number of hydrogen-bond donors (Lipinski definition) is 4. The van der Waals surface area contributed by atoms with E-state index in [2.05, 4.69) is 41.9 Å². The maximum Gasteiger partial charge on any atom is 0.133 e. The van der Waals surface area contributed by atoms with Gasteiger partial charge in [-0.3, -0.25) is 0 Å². The lowest BCUT2D eigenvalue weighted by Gasteiger charge is -2.27. The van der Waals surface area contributed by atoms with E-state index < -0.39 is 6.10 Å². The van der Waals surface area contributed by atoms with Crippen molar-refractivity contribution in [2.75, 3.05) is 26.4 Å². The minimum atomic E-state index is -0.849. The first-order chi connectivity index (χ1) is 15.1. The van der Waals surface area contributed by atoms with Crippen LogP contribution in [0.5, 0.6) is 11.5 Å². The van der Waals surface area contributed by atoms with Crippen LogP contribution in [0.4, 0.5) is 0 Å². The van der Waals surface area contributed by atoms with Gasteiger partial charge in [0, 0.05) is 11.1 Å². The topological polar surface area (TPSA) is 114 Å². The van der Waals surface area contributed by atoms with Gasteiger partial charge in [-0.25, -0.2) is 5.84 Å². The number of rotatable bonds is 11. The van der Waals surface area contributed by atoms with Crippen LogP contribution in [0.2, 0.25) is 0 Å². The molecule has 0 aromatic heterocycles. The van der Waals surface area contributed by atoms with E-state index in [0.29, 0.717) is 23.8 Å². The van der Waals surface area contributed by atoms with Gasteiger partial charge >= 0.3 is 0 Å². The van der Waals surface area contributed by atoms with Crippen molar-refractivity contribution < 1.29 is 19.7 Å². The Morgan fingerprint density at radius 1 is 1.12 bits per heavy atom. The second-order valence-electron chi connectivity index (χ2n) is 8.13. The Labute approximate surface area is 198 Å². The number of aliphatic hydroxyl groups excluding tert-OH is 2. The van der Waals surface area contributed by atoms with Crippen molar-refractivity contribution in [1.29, 1.82) is 0 Å². The van der Waals surface area contributed by atoms with Crippen molar-refractivity contribution in [2.24, 2.45) is 11.6 Å². The molecule has 0 fully saturated rings. The molecule has 0 aliphatic rings. The fourth-order valence-electron chi connectivity index (χ4n) is 3.32. The van der Waals surface area contributed by atoms with Gasteiger partial charge < -0.3 is 30.4 Å². The Hall–Kier alpha value is -2.26. The Balaban J connectivity index is 2.02. The number of hydrogen-bond acceptors (Lipinski definition) is 7. The van der Waals surface area contributed by atoms with Gasteiger partial charge in [0.2, 0.25) is 0 Å².